The fourth-order valence-electron chi connectivity index (χ4n) is 3.96. The molecule has 3 aliphatic rings. The topological polar surface area (TPSA) is 43.7 Å². The number of hydrogen-bond acceptors (Lipinski definition) is 3. The van der Waals surface area contributed by atoms with Gasteiger partial charge in [-0.25, -0.2) is 0 Å². The number of aryl methyl sites for hydroxylation is 1. The molecule has 4 rings (SSSR count). The second kappa shape index (κ2) is 6.29. The molecule has 0 bridgehead atoms. The van der Waals surface area contributed by atoms with Gasteiger partial charge in [-0.3, -0.25) is 4.79 Å². The molecule has 1 amide bonds. The van der Waals surface area contributed by atoms with E-state index >= 15 is 0 Å². The minimum absolute atomic E-state index is 0.135. The summed E-state index contributed by atoms with van der Waals surface area (Å²) in [5, 5.41) is 0. The molecule has 23 heavy (non-hydrogen) atoms. The van der Waals surface area contributed by atoms with Crippen molar-refractivity contribution in [1.29, 1.82) is 0 Å². The average Bonchev–Trinajstić information content (AvgIpc) is 3.11. The molecular weight excluding hydrogens is 292 g/mol. The molecule has 1 aromatic heterocycles. The van der Waals surface area contributed by atoms with Gasteiger partial charge < -0.3 is 18.9 Å². The second-order valence-electron chi connectivity index (χ2n) is 7.30. The van der Waals surface area contributed by atoms with E-state index in [0.29, 0.717) is 19.1 Å². The Hall–Kier alpha value is -1.33. The van der Waals surface area contributed by atoms with Crippen LogP contribution >= 0.6 is 0 Å². The molecule has 0 N–H and O–H groups in total. The van der Waals surface area contributed by atoms with Crippen LogP contribution in [0.3, 0.4) is 0 Å². The second-order valence-corrected chi connectivity index (χ2v) is 7.30. The van der Waals surface area contributed by atoms with Gasteiger partial charge in [0.2, 0.25) is 0 Å². The number of morpholine rings is 1. The number of nitrogens with zero attached hydrogens (tertiary/aromatic N) is 2. The first kappa shape index (κ1) is 15.2. The number of rotatable bonds is 5. The highest BCUT2D eigenvalue weighted by Crippen LogP contribution is 2.36. The van der Waals surface area contributed by atoms with Crippen molar-refractivity contribution in [3.05, 3.63) is 24.0 Å². The fourth-order valence-corrected chi connectivity index (χ4v) is 3.96. The Kier molecular flexibility index (Phi) is 4.16. The molecule has 5 nitrogen and oxygen atoms in total. The molecule has 3 fully saturated rings. The molecule has 2 aliphatic carbocycles. The summed E-state index contributed by atoms with van der Waals surface area (Å²) in [6.45, 7) is 3.07. The van der Waals surface area contributed by atoms with Gasteiger partial charge in [0.1, 0.15) is 5.69 Å². The monoisotopic (exact) mass is 318 g/mol. The van der Waals surface area contributed by atoms with Crippen LogP contribution in [0.2, 0.25) is 0 Å². The van der Waals surface area contributed by atoms with Crippen LogP contribution in [0.4, 0.5) is 0 Å². The van der Waals surface area contributed by atoms with E-state index in [-0.39, 0.29) is 18.1 Å². The highest BCUT2D eigenvalue weighted by Gasteiger charge is 2.43. The molecule has 1 aromatic rings. The zero-order valence-corrected chi connectivity index (χ0v) is 13.8. The number of ether oxygens (including phenoxy) is 2. The van der Waals surface area contributed by atoms with E-state index in [1.807, 2.05) is 34.8 Å². The SMILES string of the molecule is Cn1cccc1C(=O)N1CCOC2CC(COCC3CC3)CC21. The third kappa shape index (κ3) is 3.17. The molecular formula is C18H26N2O3. The Labute approximate surface area is 137 Å². The van der Waals surface area contributed by atoms with E-state index in [1.54, 1.807) is 0 Å². The van der Waals surface area contributed by atoms with Gasteiger partial charge in [-0.1, -0.05) is 0 Å². The van der Waals surface area contributed by atoms with Crippen LogP contribution < -0.4 is 0 Å². The molecule has 0 radical (unpaired) electrons. The lowest BCUT2D eigenvalue weighted by Gasteiger charge is -2.37. The van der Waals surface area contributed by atoms with E-state index in [0.717, 1.165) is 37.7 Å². The van der Waals surface area contributed by atoms with Gasteiger partial charge >= 0.3 is 0 Å². The van der Waals surface area contributed by atoms with Crippen molar-refractivity contribution in [1.82, 2.24) is 9.47 Å². The number of fused-ring (bicyclic) bond motifs is 1. The van der Waals surface area contributed by atoms with Crippen molar-refractivity contribution in [3.63, 3.8) is 0 Å². The third-order valence-corrected chi connectivity index (χ3v) is 5.46. The Morgan fingerprint density at radius 2 is 2.13 bits per heavy atom. The zero-order valence-electron chi connectivity index (χ0n) is 13.8. The van der Waals surface area contributed by atoms with E-state index < -0.39 is 0 Å². The first-order chi connectivity index (χ1) is 11.2. The van der Waals surface area contributed by atoms with Gasteiger partial charge in [0, 0.05) is 33.0 Å². The van der Waals surface area contributed by atoms with Crippen molar-refractivity contribution >= 4 is 5.91 Å². The summed E-state index contributed by atoms with van der Waals surface area (Å²) in [6.07, 6.45) is 6.80. The highest BCUT2D eigenvalue weighted by molar-refractivity contribution is 5.93. The predicted molar refractivity (Wildman–Crippen MR) is 86.2 cm³/mol. The van der Waals surface area contributed by atoms with Crippen LogP contribution in [-0.4, -0.2) is 53.9 Å². The van der Waals surface area contributed by atoms with E-state index in [9.17, 15) is 4.79 Å². The number of carbonyl (C=O) groups excluding carboxylic acids is 1. The predicted octanol–water partition coefficient (Wildman–Crippen LogP) is 2.07. The van der Waals surface area contributed by atoms with Crippen LogP contribution in [0.1, 0.15) is 36.2 Å². The summed E-state index contributed by atoms with van der Waals surface area (Å²) in [6, 6.07) is 4.03. The van der Waals surface area contributed by atoms with Gasteiger partial charge in [0.25, 0.3) is 5.91 Å². The molecule has 1 saturated heterocycles. The largest absolute Gasteiger partial charge is 0.381 e. The van der Waals surface area contributed by atoms with E-state index in [4.69, 9.17) is 9.47 Å². The number of aromatic nitrogens is 1. The number of hydrogen-bond donors (Lipinski definition) is 0. The Balaban J connectivity index is 1.39. The summed E-state index contributed by atoms with van der Waals surface area (Å²) in [4.78, 5) is 14.9. The van der Waals surface area contributed by atoms with E-state index in [2.05, 4.69) is 0 Å². The zero-order chi connectivity index (χ0) is 15.8. The van der Waals surface area contributed by atoms with Gasteiger partial charge in [-0.05, 0) is 49.7 Å². The summed E-state index contributed by atoms with van der Waals surface area (Å²) >= 11 is 0. The maximum atomic E-state index is 12.9. The van der Waals surface area contributed by atoms with Gasteiger partial charge in [-0.15, -0.1) is 0 Å². The minimum Gasteiger partial charge on any atom is -0.381 e. The Morgan fingerprint density at radius 3 is 2.87 bits per heavy atom. The summed E-state index contributed by atoms with van der Waals surface area (Å²) in [5.74, 6) is 1.46. The summed E-state index contributed by atoms with van der Waals surface area (Å²) in [5.41, 5.74) is 0.763. The molecule has 3 atom stereocenters. The van der Waals surface area contributed by atoms with Crippen LogP contribution in [0.15, 0.2) is 18.3 Å². The maximum Gasteiger partial charge on any atom is 0.270 e. The van der Waals surface area contributed by atoms with Crippen molar-refractivity contribution in [2.24, 2.45) is 18.9 Å². The Bertz CT molecular complexity index is 566. The summed E-state index contributed by atoms with van der Waals surface area (Å²) < 4.78 is 13.7. The van der Waals surface area contributed by atoms with Gasteiger partial charge in [0.15, 0.2) is 0 Å². The van der Waals surface area contributed by atoms with Crippen LogP contribution in [0.25, 0.3) is 0 Å². The van der Waals surface area contributed by atoms with Crippen molar-refractivity contribution in [2.45, 2.75) is 37.8 Å². The molecule has 2 heterocycles. The van der Waals surface area contributed by atoms with E-state index in [1.165, 1.54) is 12.8 Å². The first-order valence-electron chi connectivity index (χ1n) is 8.84. The molecule has 0 aromatic carbocycles. The first-order valence-corrected chi connectivity index (χ1v) is 8.84. The van der Waals surface area contributed by atoms with Crippen LogP contribution in [-0.2, 0) is 16.5 Å². The van der Waals surface area contributed by atoms with Crippen molar-refractivity contribution in [3.8, 4) is 0 Å². The van der Waals surface area contributed by atoms with Crippen molar-refractivity contribution in [2.75, 3.05) is 26.4 Å². The normalized spacial score (nSPS) is 30.5. The number of amides is 1. The average molecular weight is 318 g/mol. The fraction of sp³-hybridized carbons (Fsp3) is 0.722. The lowest BCUT2D eigenvalue weighted by Crippen LogP contribution is -2.51. The molecule has 5 heteroatoms. The van der Waals surface area contributed by atoms with Crippen LogP contribution in [0, 0.1) is 11.8 Å². The minimum atomic E-state index is 0.135. The maximum absolute atomic E-state index is 12.9. The number of carbonyl (C=O) groups is 1. The molecule has 2 saturated carbocycles. The molecule has 126 valence electrons. The highest BCUT2D eigenvalue weighted by atomic mass is 16.5. The lowest BCUT2D eigenvalue weighted by molar-refractivity contribution is -0.0453. The quantitative estimate of drug-likeness (QED) is 0.835. The lowest BCUT2D eigenvalue weighted by atomic mass is 10.1. The van der Waals surface area contributed by atoms with Crippen LogP contribution in [0.5, 0.6) is 0 Å². The smallest absolute Gasteiger partial charge is 0.270 e. The van der Waals surface area contributed by atoms with Gasteiger partial charge in [-0.2, -0.15) is 0 Å². The molecule has 3 unspecified atom stereocenters. The third-order valence-electron chi connectivity index (χ3n) is 5.46. The van der Waals surface area contributed by atoms with Crippen molar-refractivity contribution < 1.29 is 14.3 Å². The standard InChI is InChI=1S/C18H26N2O3/c1-19-6-2-3-15(19)18(21)20-7-8-23-17-10-14(9-16(17)20)12-22-11-13-4-5-13/h2-3,6,13-14,16-17H,4-5,7-12H2,1H3. The van der Waals surface area contributed by atoms with Gasteiger partial charge in [0.05, 0.1) is 18.8 Å². The molecule has 0 spiro atoms. The molecule has 1 aliphatic heterocycles. The Morgan fingerprint density at radius 1 is 1.30 bits per heavy atom. The summed E-state index contributed by atoms with van der Waals surface area (Å²) in [7, 11) is 1.92.